The van der Waals surface area contributed by atoms with E-state index in [1.165, 1.54) is 12.4 Å². The van der Waals surface area contributed by atoms with Crippen LogP contribution in [0.25, 0.3) is 0 Å². The molecule has 6 heteroatoms. The fourth-order valence-electron chi connectivity index (χ4n) is 0.764. The van der Waals surface area contributed by atoms with Crippen LogP contribution in [-0.4, -0.2) is 24.4 Å². The van der Waals surface area contributed by atoms with Gasteiger partial charge in [-0.25, -0.2) is 18.1 Å². The summed E-state index contributed by atoms with van der Waals surface area (Å²) in [7, 11) is -3.43. The quantitative estimate of drug-likeness (QED) is 0.708. The number of imidazole rings is 1. The normalized spacial score (nSPS) is 12.2. The summed E-state index contributed by atoms with van der Waals surface area (Å²) in [5, 5.41) is -0.0452. The van der Waals surface area contributed by atoms with Crippen LogP contribution >= 0.6 is 0 Å². The van der Waals surface area contributed by atoms with E-state index in [1.54, 1.807) is 13.8 Å². The summed E-state index contributed by atoms with van der Waals surface area (Å²) in [5.74, 6) is 0. The van der Waals surface area contributed by atoms with Crippen molar-refractivity contribution in [3.63, 3.8) is 0 Å². The van der Waals surface area contributed by atoms with Crippen molar-refractivity contribution in [1.29, 1.82) is 0 Å². The molecule has 0 spiro atoms. The minimum Gasteiger partial charge on any atom is -0.334 e. The van der Waals surface area contributed by atoms with E-state index in [0.29, 0.717) is 0 Å². The van der Waals surface area contributed by atoms with E-state index < -0.39 is 10.0 Å². The zero-order valence-electron chi connectivity index (χ0n) is 6.90. The highest BCUT2D eigenvalue weighted by molar-refractivity contribution is 7.89. The lowest BCUT2D eigenvalue weighted by atomic mass is 10.4. The second-order valence-electron chi connectivity index (χ2n) is 2.67. The molecule has 68 valence electrons. The van der Waals surface area contributed by atoms with Crippen molar-refractivity contribution in [1.82, 2.24) is 14.7 Å². The Morgan fingerprint density at radius 3 is 2.67 bits per heavy atom. The number of rotatable bonds is 3. The maximum absolute atomic E-state index is 11.3. The van der Waals surface area contributed by atoms with E-state index in [4.69, 9.17) is 0 Å². The van der Waals surface area contributed by atoms with Crippen LogP contribution in [0.2, 0.25) is 0 Å². The molecular formula is C6H11N3O2S. The summed E-state index contributed by atoms with van der Waals surface area (Å²) >= 11 is 0. The number of aromatic amines is 1. The molecular weight excluding hydrogens is 178 g/mol. The lowest BCUT2D eigenvalue weighted by Gasteiger charge is -2.05. The van der Waals surface area contributed by atoms with Crippen LogP contribution in [0.5, 0.6) is 0 Å². The molecule has 0 amide bonds. The Bertz CT molecular complexity index is 328. The standard InChI is InChI=1S/C6H11N3O2S/c1-5(2)9-12(10,11)6-7-3-4-8-6/h3-5,9H,1-2H3,(H,7,8). The lowest BCUT2D eigenvalue weighted by molar-refractivity contribution is 0.562. The van der Waals surface area contributed by atoms with Gasteiger partial charge in [0.15, 0.2) is 0 Å². The third kappa shape index (κ3) is 2.05. The highest BCUT2D eigenvalue weighted by atomic mass is 32.2. The van der Waals surface area contributed by atoms with Gasteiger partial charge in [-0.15, -0.1) is 0 Å². The van der Waals surface area contributed by atoms with Gasteiger partial charge in [0.1, 0.15) is 0 Å². The van der Waals surface area contributed by atoms with Gasteiger partial charge in [-0.2, -0.15) is 0 Å². The molecule has 0 fully saturated rings. The second kappa shape index (κ2) is 3.24. The van der Waals surface area contributed by atoms with Crippen molar-refractivity contribution in [3.8, 4) is 0 Å². The van der Waals surface area contributed by atoms with Crippen molar-refractivity contribution in [3.05, 3.63) is 12.4 Å². The van der Waals surface area contributed by atoms with Crippen molar-refractivity contribution in [2.75, 3.05) is 0 Å². The molecule has 0 bridgehead atoms. The van der Waals surface area contributed by atoms with Gasteiger partial charge in [0, 0.05) is 18.4 Å². The molecule has 0 atom stereocenters. The molecule has 12 heavy (non-hydrogen) atoms. The molecule has 2 N–H and O–H groups in total. The molecule has 0 aliphatic carbocycles. The van der Waals surface area contributed by atoms with Gasteiger partial charge in [0.05, 0.1) is 0 Å². The maximum Gasteiger partial charge on any atom is 0.274 e. The first kappa shape index (κ1) is 9.21. The van der Waals surface area contributed by atoms with E-state index in [9.17, 15) is 8.42 Å². The first-order valence-electron chi connectivity index (χ1n) is 3.54. The molecule has 1 heterocycles. The number of H-pyrrole nitrogens is 1. The molecule has 1 aromatic heterocycles. The number of aromatic nitrogens is 2. The van der Waals surface area contributed by atoms with Crippen molar-refractivity contribution in [2.24, 2.45) is 0 Å². The fourth-order valence-corrected chi connectivity index (χ4v) is 1.92. The Kier molecular flexibility index (Phi) is 2.49. The summed E-state index contributed by atoms with van der Waals surface area (Å²) in [6.07, 6.45) is 2.86. The van der Waals surface area contributed by atoms with Crippen molar-refractivity contribution < 1.29 is 8.42 Å². The van der Waals surface area contributed by atoms with Crippen LogP contribution in [-0.2, 0) is 10.0 Å². The van der Waals surface area contributed by atoms with Crippen LogP contribution in [0.15, 0.2) is 17.6 Å². The second-order valence-corrected chi connectivity index (χ2v) is 4.30. The summed E-state index contributed by atoms with van der Waals surface area (Å²) < 4.78 is 25.0. The zero-order valence-corrected chi connectivity index (χ0v) is 7.72. The third-order valence-electron chi connectivity index (χ3n) is 1.12. The van der Waals surface area contributed by atoms with E-state index in [-0.39, 0.29) is 11.2 Å². The number of hydrogen-bond donors (Lipinski definition) is 2. The SMILES string of the molecule is CC(C)NS(=O)(=O)c1ncc[nH]1. The lowest BCUT2D eigenvalue weighted by Crippen LogP contribution is -2.30. The highest BCUT2D eigenvalue weighted by Crippen LogP contribution is 2.00. The minimum atomic E-state index is -3.43. The van der Waals surface area contributed by atoms with Crippen LogP contribution in [0, 0.1) is 0 Å². The maximum atomic E-state index is 11.3. The monoisotopic (exact) mass is 189 g/mol. The largest absolute Gasteiger partial charge is 0.334 e. The Balaban J connectivity index is 2.88. The molecule has 1 rings (SSSR count). The Labute approximate surface area is 71.3 Å². The summed E-state index contributed by atoms with van der Waals surface area (Å²) in [6.45, 7) is 3.50. The molecule has 0 saturated carbocycles. The average molecular weight is 189 g/mol. The Morgan fingerprint density at radius 1 is 1.58 bits per heavy atom. The van der Waals surface area contributed by atoms with E-state index in [1.807, 2.05) is 0 Å². The first-order valence-corrected chi connectivity index (χ1v) is 5.02. The topological polar surface area (TPSA) is 74.8 Å². The minimum absolute atomic E-state index is 0.0452. The summed E-state index contributed by atoms with van der Waals surface area (Å²) in [5.41, 5.74) is 0. The van der Waals surface area contributed by atoms with Gasteiger partial charge in [-0.05, 0) is 13.8 Å². The fraction of sp³-hybridized carbons (Fsp3) is 0.500. The highest BCUT2D eigenvalue weighted by Gasteiger charge is 2.16. The number of hydrogen-bond acceptors (Lipinski definition) is 3. The van der Waals surface area contributed by atoms with Crippen molar-refractivity contribution in [2.45, 2.75) is 25.0 Å². The molecule has 0 saturated heterocycles. The van der Waals surface area contributed by atoms with Gasteiger partial charge < -0.3 is 4.98 Å². The molecule has 0 aliphatic rings. The number of nitrogens with one attached hydrogen (secondary N) is 2. The first-order chi connectivity index (χ1) is 5.52. The van der Waals surface area contributed by atoms with Crippen LogP contribution in [0.3, 0.4) is 0 Å². The van der Waals surface area contributed by atoms with Gasteiger partial charge in [-0.1, -0.05) is 0 Å². The Morgan fingerprint density at radius 2 is 2.25 bits per heavy atom. The van der Waals surface area contributed by atoms with Crippen molar-refractivity contribution >= 4 is 10.0 Å². The van der Waals surface area contributed by atoms with Gasteiger partial charge in [0.25, 0.3) is 10.0 Å². The van der Waals surface area contributed by atoms with Gasteiger partial charge in [-0.3, -0.25) is 0 Å². The van der Waals surface area contributed by atoms with Crippen LogP contribution in [0.1, 0.15) is 13.8 Å². The predicted octanol–water partition coefficient (Wildman–Crippen LogP) is 0.0964. The third-order valence-corrected chi connectivity index (χ3v) is 2.63. The number of nitrogens with zero attached hydrogens (tertiary/aromatic N) is 1. The average Bonchev–Trinajstić information content (AvgIpc) is 2.32. The van der Waals surface area contributed by atoms with Crippen LogP contribution < -0.4 is 4.72 Å². The van der Waals surface area contributed by atoms with Gasteiger partial charge in [0.2, 0.25) is 5.16 Å². The molecule has 0 aliphatic heterocycles. The van der Waals surface area contributed by atoms with Gasteiger partial charge >= 0.3 is 0 Å². The zero-order chi connectivity index (χ0) is 9.19. The molecule has 5 nitrogen and oxygen atoms in total. The molecule has 0 unspecified atom stereocenters. The smallest absolute Gasteiger partial charge is 0.274 e. The Hall–Kier alpha value is -0.880. The van der Waals surface area contributed by atoms with E-state index in [0.717, 1.165) is 0 Å². The molecule has 0 aromatic carbocycles. The molecule has 1 aromatic rings. The van der Waals surface area contributed by atoms with E-state index >= 15 is 0 Å². The number of sulfonamides is 1. The summed E-state index contributed by atoms with van der Waals surface area (Å²) in [6, 6.07) is -0.125. The van der Waals surface area contributed by atoms with E-state index in [2.05, 4.69) is 14.7 Å². The summed E-state index contributed by atoms with van der Waals surface area (Å²) in [4.78, 5) is 6.16. The van der Waals surface area contributed by atoms with Crippen LogP contribution in [0.4, 0.5) is 0 Å². The predicted molar refractivity (Wildman–Crippen MR) is 44.0 cm³/mol. The molecule has 0 radical (unpaired) electrons.